The average Bonchev–Trinajstić information content (AvgIpc) is 2.61. The lowest BCUT2D eigenvalue weighted by Gasteiger charge is -2.06. The van der Waals surface area contributed by atoms with Crippen LogP contribution in [0, 0.1) is 6.92 Å². The van der Waals surface area contributed by atoms with Gasteiger partial charge < -0.3 is 10.5 Å². The van der Waals surface area contributed by atoms with E-state index in [2.05, 4.69) is 10.3 Å². The zero-order valence-corrected chi connectivity index (χ0v) is 9.34. The maximum absolute atomic E-state index is 5.65. The quantitative estimate of drug-likeness (QED) is 0.849. The minimum absolute atomic E-state index is 0.446. The lowest BCUT2D eigenvalue weighted by atomic mass is 10.3. The molecule has 1 heterocycles. The zero-order valence-electron chi connectivity index (χ0n) is 9.34. The summed E-state index contributed by atoms with van der Waals surface area (Å²) in [6, 6.07) is 7.66. The van der Waals surface area contributed by atoms with Crippen LogP contribution in [0.1, 0.15) is 12.6 Å². The summed E-state index contributed by atoms with van der Waals surface area (Å²) < 4.78 is 7.11. The van der Waals surface area contributed by atoms with Gasteiger partial charge in [0, 0.05) is 6.07 Å². The van der Waals surface area contributed by atoms with Crippen molar-refractivity contribution in [2.24, 2.45) is 0 Å². The van der Waals surface area contributed by atoms with Gasteiger partial charge in [-0.1, -0.05) is 11.3 Å². The van der Waals surface area contributed by atoms with E-state index < -0.39 is 0 Å². The fourth-order valence-corrected chi connectivity index (χ4v) is 1.46. The molecule has 0 bridgehead atoms. The van der Waals surface area contributed by atoms with Gasteiger partial charge in [0.1, 0.15) is 5.75 Å². The van der Waals surface area contributed by atoms with Crippen LogP contribution in [0.25, 0.3) is 5.69 Å². The summed E-state index contributed by atoms with van der Waals surface area (Å²) in [5.74, 6) is 1.26. The van der Waals surface area contributed by atoms with E-state index in [-0.39, 0.29) is 0 Å². The first-order chi connectivity index (χ1) is 7.72. The van der Waals surface area contributed by atoms with E-state index in [9.17, 15) is 0 Å². The van der Waals surface area contributed by atoms with Crippen LogP contribution < -0.4 is 10.5 Å². The number of nitrogen functional groups attached to an aromatic ring is 1. The monoisotopic (exact) mass is 218 g/mol. The normalized spacial score (nSPS) is 10.4. The van der Waals surface area contributed by atoms with Gasteiger partial charge in [0.15, 0.2) is 5.82 Å². The Labute approximate surface area is 93.8 Å². The highest BCUT2D eigenvalue weighted by molar-refractivity contribution is 5.43. The van der Waals surface area contributed by atoms with Crippen molar-refractivity contribution in [2.45, 2.75) is 13.8 Å². The Balaban J connectivity index is 2.40. The highest BCUT2D eigenvalue weighted by atomic mass is 16.5. The first-order valence-corrected chi connectivity index (χ1v) is 5.13. The van der Waals surface area contributed by atoms with Gasteiger partial charge in [-0.2, -0.15) is 0 Å². The molecule has 0 atom stereocenters. The maximum atomic E-state index is 5.65. The first-order valence-electron chi connectivity index (χ1n) is 5.13. The minimum Gasteiger partial charge on any atom is -0.494 e. The lowest BCUT2D eigenvalue weighted by molar-refractivity contribution is 0.340. The number of aromatic nitrogens is 3. The van der Waals surface area contributed by atoms with Gasteiger partial charge in [0.05, 0.1) is 18.0 Å². The summed E-state index contributed by atoms with van der Waals surface area (Å²) in [6.07, 6.45) is 0. The van der Waals surface area contributed by atoms with E-state index in [0.29, 0.717) is 12.4 Å². The highest BCUT2D eigenvalue weighted by Crippen LogP contribution is 2.18. The summed E-state index contributed by atoms with van der Waals surface area (Å²) in [7, 11) is 0. The van der Waals surface area contributed by atoms with Crippen molar-refractivity contribution >= 4 is 5.82 Å². The van der Waals surface area contributed by atoms with Gasteiger partial charge in [-0.25, -0.2) is 4.68 Å². The summed E-state index contributed by atoms with van der Waals surface area (Å²) in [5.41, 5.74) is 7.37. The van der Waals surface area contributed by atoms with Crippen molar-refractivity contribution in [3.8, 4) is 11.4 Å². The largest absolute Gasteiger partial charge is 0.494 e. The van der Waals surface area contributed by atoms with Gasteiger partial charge in [0.2, 0.25) is 0 Å². The topological polar surface area (TPSA) is 66.0 Å². The second-order valence-electron chi connectivity index (χ2n) is 3.40. The Morgan fingerprint density at radius 3 is 2.88 bits per heavy atom. The summed E-state index contributed by atoms with van der Waals surface area (Å²) in [6.45, 7) is 4.47. The standard InChI is InChI=1S/C11H14N4O/c1-3-16-10-6-4-5-9(7-10)15-8(2)11(12)13-14-15/h4-7H,3,12H2,1-2H3. The van der Waals surface area contributed by atoms with E-state index in [1.165, 1.54) is 0 Å². The predicted octanol–water partition coefficient (Wildman–Crippen LogP) is 1.56. The smallest absolute Gasteiger partial charge is 0.169 e. The number of nitrogens with two attached hydrogens (primary N) is 1. The van der Waals surface area contributed by atoms with E-state index in [1.807, 2.05) is 38.1 Å². The van der Waals surface area contributed by atoms with Crippen molar-refractivity contribution in [3.63, 3.8) is 0 Å². The molecule has 0 radical (unpaired) electrons. The van der Waals surface area contributed by atoms with Crippen molar-refractivity contribution < 1.29 is 4.74 Å². The molecule has 0 aliphatic carbocycles. The fourth-order valence-electron chi connectivity index (χ4n) is 1.46. The van der Waals surface area contributed by atoms with Crippen molar-refractivity contribution in [3.05, 3.63) is 30.0 Å². The molecule has 0 saturated carbocycles. The van der Waals surface area contributed by atoms with Crippen molar-refractivity contribution in [1.82, 2.24) is 15.0 Å². The SMILES string of the molecule is CCOc1cccc(-n2nnc(N)c2C)c1. The molecule has 0 amide bonds. The molecule has 0 fully saturated rings. The van der Waals surface area contributed by atoms with E-state index in [4.69, 9.17) is 10.5 Å². The number of anilines is 1. The second kappa shape index (κ2) is 4.22. The molecular weight excluding hydrogens is 204 g/mol. The molecule has 1 aromatic carbocycles. The molecule has 0 spiro atoms. The molecule has 16 heavy (non-hydrogen) atoms. The number of hydrogen-bond acceptors (Lipinski definition) is 4. The molecule has 2 rings (SSSR count). The van der Waals surface area contributed by atoms with Gasteiger partial charge in [0.25, 0.3) is 0 Å². The third kappa shape index (κ3) is 1.84. The van der Waals surface area contributed by atoms with Gasteiger partial charge in [-0.05, 0) is 26.0 Å². The number of hydrogen-bond donors (Lipinski definition) is 1. The molecule has 5 nitrogen and oxygen atoms in total. The Morgan fingerprint density at radius 2 is 2.25 bits per heavy atom. The number of nitrogens with zero attached hydrogens (tertiary/aromatic N) is 3. The predicted molar refractivity (Wildman–Crippen MR) is 61.7 cm³/mol. The highest BCUT2D eigenvalue weighted by Gasteiger charge is 2.07. The van der Waals surface area contributed by atoms with E-state index in [0.717, 1.165) is 17.1 Å². The molecule has 0 aliphatic heterocycles. The second-order valence-corrected chi connectivity index (χ2v) is 3.40. The Hall–Kier alpha value is -2.04. The lowest BCUT2D eigenvalue weighted by Crippen LogP contribution is -2.00. The van der Waals surface area contributed by atoms with Crippen LogP contribution in [0.4, 0.5) is 5.82 Å². The summed E-state index contributed by atoms with van der Waals surface area (Å²) >= 11 is 0. The summed E-state index contributed by atoms with van der Waals surface area (Å²) in [4.78, 5) is 0. The molecule has 5 heteroatoms. The Bertz CT molecular complexity index is 492. The number of benzene rings is 1. The molecule has 2 N–H and O–H groups in total. The van der Waals surface area contributed by atoms with Crippen LogP contribution in [0.3, 0.4) is 0 Å². The van der Waals surface area contributed by atoms with Crippen LogP contribution in [0.2, 0.25) is 0 Å². The Kier molecular flexibility index (Phi) is 2.76. The van der Waals surface area contributed by atoms with Crippen LogP contribution in [-0.2, 0) is 0 Å². The minimum atomic E-state index is 0.446. The van der Waals surface area contributed by atoms with Crippen molar-refractivity contribution in [1.29, 1.82) is 0 Å². The zero-order chi connectivity index (χ0) is 11.5. The van der Waals surface area contributed by atoms with Gasteiger partial charge >= 0.3 is 0 Å². The van der Waals surface area contributed by atoms with Gasteiger partial charge in [-0.15, -0.1) is 5.10 Å². The van der Waals surface area contributed by atoms with Crippen LogP contribution in [-0.4, -0.2) is 21.6 Å². The van der Waals surface area contributed by atoms with E-state index >= 15 is 0 Å². The Morgan fingerprint density at radius 1 is 1.44 bits per heavy atom. The molecule has 0 unspecified atom stereocenters. The van der Waals surface area contributed by atoms with Crippen LogP contribution in [0.15, 0.2) is 24.3 Å². The number of ether oxygens (including phenoxy) is 1. The average molecular weight is 218 g/mol. The molecule has 84 valence electrons. The maximum Gasteiger partial charge on any atom is 0.169 e. The molecular formula is C11H14N4O. The van der Waals surface area contributed by atoms with Crippen LogP contribution in [0.5, 0.6) is 5.75 Å². The van der Waals surface area contributed by atoms with Gasteiger partial charge in [-0.3, -0.25) is 0 Å². The molecule has 0 aliphatic rings. The van der Waals surface area contributed by atoms with Crippen molar-refractivity contribution in [2.75, 3.05) is 12.3 Å². The third-order valence-corrected chi connectivity index (χ3v) is 2.30. The molecule has 1 aromatic heterocycles. The molecule has 2 aromatic rings. The molecule has 0 saturated heterocycles. The third-order valence-electron chi connectivity index (χ3n) is 2.30. The fraction of sp³-hybridized carbons (Fsp3) is 0.273. The number of rotatable bonds is 3. The first kappa shape index (κ1) is 10.5. The van der Waals surface area contributed by atoms with Crippen LogP contribution >= 0.6 is 0 Å². The summed E-state index contributed by atoms with van der Waals surface area (Å²) in [5, 5.41) is 7.79. The van der Waals surface area contributed by atoms with E-state index in [1.54, 1.807) is 4.68 Å².